The lowest BCUT2D eigenvalue weighted by atomic mass is 10.0. The Morgan fingerprint density at radius 3 is 2.36 bits per heavy atom. The predicted octanol–water partition coefficient (Wildman–Crippen LogP) is 6.05. The van der Waals surface area contributed by atoms with Gasteiger partial charge in [0.15, 0.2) is 14.7 Å². The molecule has 1 heterocycles. The van der Waals surface area contributed by atoms with Crippen LogP contribution in [0.25, 0.3) is 0 Å². The molecular weight excluding hydrogens is 467 g/mol. The molecule has 1 atom stereocenters. The van der Waals surface area contributed by atoms with Crippen LogP contribution in [0.3, 0.4) is 0 Å². The number of rotatable bonds is 1. The van der Waals surface area contributed by atoms with Crippen molar-refractivity contribution < 1.29 is 0 Å². The summed E-state index contributed by atoms with van der Waals surface area (Å²) in [5, 5.41) is 0. The maximum absolute atomic E-state index is 3.55. The van der Waals surface area contributed by atoms with Crippen molar-refractivity contribution in [3.8, 4) is 0 Å². The van der Waals surface area contributed by atoms with Gasteiger partial charge in [0, 0.05) is 22.0 Å². The smallest absolute Gasteiger partial charge is 0.0616 e. The van der Waals surface area contributed by atoms with Crippen molar-refractivity contribution in [2.24, 2.45) is 0 Å². The fourth-order valence-corrected chi connectivity index (χ4v) is 6.78. The van der Waals surface area contributed by atoms with Crippen LogP contribution in [0.4, 0.5) is 0 Å². The third-order valence-electron chi connectivity index (χ3n) is 3.88. The quantitative estimate of drug-likeness (QED) is 0.230. The highest BCUT2D eigenvalue weighted by Crippen LogP contribution is 2.42. The van der Waals surface area contributed by atoms with E-state index in [2.05, 4.69) is 105 Å². The van der Waals surface area contributed by atoms with Gasteiger partial charge in [-0.2, -0.15) is 0 Å². The zero-order valence-corrected chi connectivity index (χ0v) is 16.3. The molecule has 4 rings (SSSR count). The lowest BCUT2D eigenvalue weighted by Gasteiger charge is -2.20. The molecule has 0 N–H and O–H groups in total. The summed E-state index contributed by atoms with van der Waals surface area (Å²) in [6.07, 6.45) is 1.04. The minimum atomic E-state index is -0.00610. The molecule has 0 fully saturated rings. The Balaban J connectivity index is 1.98. The molecule has 0 bridgehead atoms. The first-order valence-corrected chi connectivity index (χ1v) is 10.2. The first-order chi connectivity index (χ1) is 10.7. The van der Waals surface area contributed by atoms with Crippen molar-refractivity contribution in [3.63, 3.8) is 0 Å². The second kappa shape index (κ2) is 6.02. The number of hydrogen-bond acceptors (Lipinski definition) is 0. The topological polar surface area (TPSA) is 0 Å². The van der Waals surface area contributed by atoms with Gasteiger partial charge in [-0.3, -0.25) is 0 Å². The zero-order valence-electron chi connectivity index (χ0n) is 11.7. The fraction of sp³-hybridized carbons (Fsp3) is 0.0526. The van der Waals surface area contributed by atoms with Crippen LogP contribution in [0.5, 0.6) is 0 Å². The van der Waals surface area contributed by atoms with Crippen LogP contribution in [0.1, 0.15) is 11.1 Å². The molecule has 0 radical (unpaired) electrons. The summed E-state index contributed by atoms with van der Waals surface area (Å²) in [5.41, 5.74) is 2.93. The van der Waals surface area contributed by atoms with Gasteiger partial charge in [-0.15, -0.1) is 0 Å². The second-order valence-corrected chi connectivity index (χ2v) is 9.28. The summed E-state index contributed by atoms with van der Waals surface area (Å²) in [7, 11) is -0.00610. The zero-order chi connectivity index (χ0) is 15.1. The summed E-state index contributed by atoms with van der Waals surface area (Å²) in [4.78, 5) is 4.37. The van der Waals surface area contributed by atoms with Gasteiger partial charge in [0.25, 0.3) is 0 Å². The molecule has 0 saturated heterocycles. The van der Waals surface area contributed by atoms with E-state index in [0.29, 0.717) is 0 Å². The van der Waals surface area contributed by atoms with Crippen molar-refractivity contribution in [2.45, 2.75) is 21.1 Å². The summed E-state index contributed by atoms with van der Waals surface area (Å²) < 4.78 is 2.50. The second-order valence-electron chi connectivity index (χ2n) is 5.27. The minimum Gasteiger partial charge on any atom is -0.0616 e. The Morgan fingerprint density at radius 1 is 0.818 bits per heavy atom. The lowest BCUT2D eigenvalue weighted by molar-refractivity contribution is 1.03. The molecule has 0 amide bonds. The van der Waals surface area contributed by atoms with Gasteiger partial charge < -0.3 is 0 Å². The Kier molecular flexibility index (Phi) is 4.05. The first-order valence-electron chi connectivity index (χ1n) is 7.09. The number of fused-ring (bicyclic) bond motifs is 2. The molecule has 3 heteroatoms. The van der Waals surface area contributed by atoms with E-state index in [0.717, 1.165) is 10.9 Å². The summed E-state index contributed by atoms with van der Waals surface area (Å²) in [6, 6.07) is 24.4. The van der Waals surface area contributed by atoms with Crippen LogP contribution < -0.4 is 0 Å². The number of halogens is 2. The van der Waals surface area contributed by atoms with Gasteiger partial charge in [0.2, 0.25) is 0 Å². The highest BCUT2D eigenvalue weighted by Gasteiger charge is 2.38. The molecule has 1 aliphatic rings. The molecule has 0 saturated carbocycles. The molecule has 22 heavy (non-hydrogen) atoms. The standard InChI is InChI=1S/C19H13BrIS/c20-15-8-10-16(11-9-15)22-18-7-2-1-4-13(18)12-14-5-3-6-17(21)19(14)22/h1-11H,12H2/q+1. The first kappa shape index (κ1) is 14.8. The molecule has 0 nitrogen and oxygen atoms in total. The molecule has 1 aliphatic heterocycles. The maximum Gasteiger partial charge on any atom is 0.183 e. The third kappa shape index (κ3) is 2.53. The maximum atomic E-state index is 3.55. The van der Waals surface area contributed by atoms with E-state index in [1.165, 1.54) is 29.4 Å². The van der Waals surface area contributed by atoms with Crippen molar-refractivity contribution >= 4 is 49.4 Å². The van der Waals surface area contributed by atoms with E-state index < -0.39 is 0 Å². The van der Waals surface area contributed by atoms with Crippen molar-refractivity contribution in [1.29, 1.82) is 0 Å². The van der Waals surface area contributed by atoms with Crippen molar-refractivity contribution in [2.75, 3.05) is 0 Å². The molecule has 3 aromatic carbocycles. The van der Waals surface area contributed by atoms with E-state index in [1.807, 2.05) is 0 Å². The monoisotopic (exact) mass is 479 g/mol. The largest absolute Gasteiger partial charge is 0.183 e. The number of hydrogen-bond donors (Lipinski definition) is 0. The Hall–Kier alpha value is -0.780. The molecule has 3 aromatic rings. The van der Waals surface area contributed by atoms with E-state index in [9.17, 15) is 0 Å². The van der Waals surface area contributed by atoms with Gasteiger partial charge in [-0.1, -0.05) is 46.3 Å². The van der Waals surface area contributed by atoms with Crippen molar-refractivity contribution in [3.05, 3.63) is 85.9 Å². The fourth-order valence-electron chi connectivity index (χ4n) is 2.90. The average Bonchev–Trinajstić information content (AvgIpc) is 2.54. The molecule has 0 aliphatic carbocycles. The van der Waals surface area contributed by atoms with E-state index in [-0.39, 0.29) is 10.9 Å². The van der Waals surface area contributed by atoms with E-state index >= 15 is 0 Å². The van der Waals surface area contributed by atoms with Gasteiger partial charge in [0.05, 0.1) is 3.57 Å². The van der Waals surface area contributed by atoms with Crippen LogP contribution >= 0.6 is 38.5 Å². The molecule has 108 valence electrons. The molecule has 0 spiro atoms. The summed E-state index contributed by atoms with van der Waals surface area (Å²) in [5.74, 6) is 0. The summed E-state index contributed by atoms with van der Waals surface area (Å²) >= 11 is 6.04. The average molecular weight is 480 g/mol. The van der Waals surface area contributed by atoms with E-state index in [4.69, 9.17) is 0 Å². The normalized spacial score (nSPS) is 16.0. The molecule has 0 aromatic heterocycles. The lowest BCUT2D eigenvalue weighted by Crippen LogP contribution is -2.17. The van der Waals surface area contributed by atoms with Gasteiger partial charge in [-0.05, 0) is 59.0 Å². The van der Waals surface area contributed by atoms with E-state index in [1.54, 1.807) is 0 Å². The van der Waals surface area contributed by atoms with Gasteiger partial charge in [-0.25, -0.2) is 0 Å². The Bertz CT molecular complexity index is 842. The highest BCUT2D eigenvalue weighted by atomic mass is 127. The van der Waals surface area contributed by atoms with Crippen LogP contribution in [-0.4, -0.2) is 0 Å². The SMILES string of the molecule is Brc1ccc([S+]2c3ccccc3Cc3cccc(I)c32)cc1. The van der Waals surface area contributed by atoms with Crippen LogP contribution in [0.15, 0.2) is 85.9 Å². The molecule has 1 unspecified atom stereocenters. The third-order valence-corrected chi connectivity index (χ3v) is 8.14. The van der Waals surface area contributed by atoms with Crippen molar-refractivity contribution in [1.82, 2.24) is 0 Å². The highest BCUT2D eigenvalue weighted by molar-refractivity contribution is 14.1. The Labute approximate surface area is 155 Å². The van der Waals surface area contributed by atoms with Gasteiger partial charge in [0.1, 0.15) is 10.9 Å². The van der Waals surface area contributed by atoms with Crippen LogP contribution in [0.2, 0.25) is 0 Å². The minimum absolute atomic E-state index is 0.00610. The predicted molar refractivity (Wildman–Crippen MR) is 105 cm³/mol. The number of benzene rings is 3. The van der Waals surface area contributed by atoms with Crippen LogP contribution in [-0.2, 0) is 17.3 Å². The van der Waals surface area contributed by atoms with Gasteiger partial charge >= 0.3 is 0 Å². The molecular formula is C19H13BrIS+. The Morgan fingerprint density at radius 2 is 1.55 bits per heavy atom. The summed E-state index contributed by atoms with van der Waals surface area (Å²) in [6.45, 7) is 0. The van der Waals surface area contributed by atoms with Crippen LogP contribution in [0, 0.1) is 3.57 Å².